The van der Waals surface area contributed by atoms with Crippen LogP contribution in [0.2, 0.25) is 5.02 Å². The van der Waals surface area contributed by atoms with Crippen LogP contribution >= 0.6 is 11.6 Å². The van der Waals surface area contributed by atoms with Gasteiger partial charge in [-0.25, -0.2) is 0 Å². The van der Waals surface area contributed by atoms with Gasteiger partial charge in [0, 0.05) is 11.4 Å². The number of carbonyl (C=O) groups is 2. The summed E-state index contributed by atoms with van der Waals surface area (Å²) in [5, 5.41) is 14.6. The maximum Gasteiger partial charge on any atom is 0.416 e. The molecule has 3 aromatic rings. The van der Waals surface area contributed by atoms with Gasteiger partial charge in [-0.15, -0.1) is 0 Å². The smallest absolute Gasteiger partial charge is 0.416 e. The monoisotopic (exact) mass is 557 g/mol. The summed E-state index contributed by atoms with van der Waals surface area (Å²) in [6.07, 6.45) is -3.39. The summed E-state index contributed by atoms with van der Waals surface area (Å²) < 4.78 is 50.1. The summed E-state index contributed by atoms with van der Waals surface area (Å²) in [5.74, 6) is -1.10. The van der Waals surface area contributed by atoms with E-state index in [1.165, 1.54) is 24.3 Å². The Morgan fingerprint density at radius 2 is 1.72 bits per heavy atom. The number of alkyl halides is 3. The van der Waals surface area contributed by atoms with Gasteiger partial charge in [-0.2, -0.15) is 18.4 Å². The molecular formula is C28H23ClF3N3O4. The van der Waals surface area contributed by atoms with Crippen molar-refractivity contribution < 1.29 is 32.2 Å². The summed E-state index contributed by atoms with van der Waals surface area (Å²) in [4.78, 5) is 25.0. The van der Waals surface area contributed by atoms with Crippen molar-refractivity contribution in [2.24, 2.45) is 0 Å². The molecule has 0 heterocycles. The second kappa shape index (κ2) is 12.8. The van der Waals surface area contributed by atoms with E-state index in [2.05, 4.69) is 10.6 Å². The van der Waals surface area contributed by atoms with E-state index in [0.29, 0.717) is 5.69 Å². The van der Waals surface area contributed by atoms with Crippen LogP contribution in [0.4, 0.5) is 24.5 Å². The maximum atomic E-state index is 13.0. The van der Waals surface area contributed by atoms with Crippen LogP contribution in [-0.2, 0) is 15.8 Å². The number of hydrogen-bond donors (Lipinski definition) is 2. The summed E-state index contributed by atoms with van der Waals surface area (Å²) in [7, 11) is 0. The molecule has 0 bridgehead atoms. The summed E-state index contributed by atoms with van der Waals surface area (Å²) in [6, 6.07) is 15.8. The lowest BCUT2D eigenvalue weighted by Gasteiger charge is -2.15. The van der Waals surface area contributed by atoms with Gasteiger partial charge in [0.1, 0.15) is 11.6 Å². The Hall–Kier alpha value is -4.49. The van der Waals surface area contributed by atoms with Gasteiger partial charge in [-0.05, 0) is 73.5 Å². The average Bonchev–Trinajstić information content (AvgIpc) is 2.86. The highest BCUT2D eigenvalue weighted by Gasteiger charge is 2.30. The Balaban J connectivity index is 1.78. The Kier molecular flexibility index (Phi) is 9.57. The number of nitrogens with zero attached hydrogens (tertiary/aromatic N) is 1. The highest BCUT2D eigenvalue weighted by molar-refractivity contribution is 6.32. The molecule has 0 fully saturated rings. The first-order valence-corrected chi connectivity index (χ1v) is 11.9. The molecule has 0 aliphatic rings. The third-order valence-corrected chi connectivity index (χ3v) is 5.39. The standard InChI is InChI=1S/C28H23ClF3N3O4/c1-3-38-24-13-18(11-19(15-33)27(37)35-22-9-5-7-20(14-22)28(30,31)32)12-23(29)26(24)39-16-25(36)34-21-8-4-6-17(2)10-21/h4-14H,3,16H2,1-2H3,(H,34,36)(H,35,37)/b19-11+. The molecule has 0 aliphatic carbocycles. The minimum absolute atomic E-state index is 0.0473. The number of nitriles is 1. The molecule has 0 saturated carbocycles. The summed E-state index contributed by atoms with van der Waals surface area (Å²) in [6.45, 7) is 3.46. The van der Waals surface area contributed by atoms with Crippen molar-refractivity contribution in [1.82, 2.24) is 0 Å². The zero-order chi connectivity index (χ0) is 28.6. The number of hydrogen-bond acceptors (Lipinski definition) is 5. The van der Waals surface area contributed by atoms with Crippen LogP contribution in [0, 0.1) is 18.3 Å². The maximum absolute atomic E-state index is 13.0. The number of anilines is 2. The van der Waals surface area contributed by atoms with Gasteiger partial charge in [-0.3, -0.25) is 9.59 Å². The number of benzene rings is 3. The van der Waals surface area contributed by atoms with Gasteiger partial charge in [0.05, 0.1) is 17.2 Å². The fourth-order valence-electron chi connectivity index (χ4n) is 3.42. The van der Waals surface area contributed by atoms with Crippen LogP contribution in [-0.4, -0.2) is 25.0 Å². The third-order valence-electron chi connectivity index (χ3n) is 5.10. The molecular weight excluding hydrogens is 535 g/mol. The number of halogens is 4. The van der Waals surface area contributed by atoms with E-state index in [-0.39, 0.29) is 41.0 Å². The number of carbonyl (C=O) groups excluding carboxylic acids is 2. The molecule has 39 heavy (non-hydrogen) atoms. The van der Waals surface area contributed by atoms with E-state index >= 15 is 0 Å². The van der Waals surface area contributed by atoms with E-state index in [4.69, 9.17) is 21.1 Å². The molecule has 0 radical (unpaired) electrons. The van der Waals surface area contributed by atoms with Crippen LogP contribution in [0.25, 0.3) is 6.08 Å². The number of ether oxygens (including phenoxy) is 2. The van der Waals surface area contributed by atoms with Crippen LogP contribution in [0.15, 0.2) is 66.2 Å². The Labute approximate surface area is 227 Å². The molecule has 3 aromatic carbocycles. The minimum Gasteiger partial charge on any atom is -0.490 e. The van der Waals surface area contributed by atoms with Gasteiger partial charge in [0.15, 0.2) is 18.1 Å². The topological polar surface area (TPSA) is 100 Å². The molecule has 0 saturated heterocycles. The zero-order valence-corrected chi connectivity index (χ0v) is 21.6. The molecule has 11 heteroatoms. The first-order chi connectivity index (χ1) is 18.5. The largest absolute Gasteiger partial charge is 0.490 e. The Morgan fingerprint density at radius 3 is 2.36 bits per heavy atom. The van der Waals surface area contributed by atoms with Gasteiger partial charge < -0.3 is 20.1 Å². The van der Waals surface area contributed by atoms with Crippen molar-refractivity contribution in [3.8, 4) is 17.6 Å². The second-order valence-corrected chi connectivity index (χ2v) is 8.58. The molecule has 202 valence electrons. The van der Waals surface area contributed by atoms with E-state index in [0.717, 1.165) is 23.8 Å². The minimum atomic E-state index is -4.59. The molecule has 0 aliphatic heterocycles. The molecule has 0 unspecified atom stereocenters. The number of aryl methyl sites for hydroxylation is 1. The zero-order valence-electron chi connectivity index (χ0n) is 20.9. The Bertz CT molecular complexity index is 1450. The van der Waals surface area contributed by atoms with Crippen molar-refractivity contribution in [3.63, 3.8) is 0 Å². The Morgan fingerprint density at radius 1 is 1.03 bits per heavy atom. The van der Waals surface area contributed by atoms with E-state index in [9.17, 15) is 28.0 Å². The van der Waals surface area contributed by atoms with Gasteiger partial charge in [0.25, 0.3) is 11.8 Å². The van der Waals surface area contributed by atoms with Crippen molar-refractivity contribution in [1.29, 1.82) is 5.26 Å². The summed E-state index contributed by atoms with van der Waals surface area (Å²) in [5.41, 5.74) is 0.399. The normalized spacial score (nSPS) is 11.4. The predicted octanol–water partition coefficient (Wildman–Crippen LogP) is 6.63. The van der Waals surface area contributed by atoms with Crippen LogP contribution in [0.1, 0.15) is 23.6 Å². The van der Waals surface area contributed by atoms with Crippen molar-refractivity contribution >= 4 is 40.9 Å². The SMILES string of the molecule is CCOc1cc(/C=C(\C#N)C(=O)Nc2cccc(C(F)(F)F)c2)cc(Cl)c1OCC(=O)Nc1cccc(C)c1. The summed E-state index contributed by atoms with van der Waals surface area (Å²) >= 11 is 6.37. The lowest BCUT2D eigenvalue weighted by Crippen LogP contribution is -2.20. The lowest BCUT2D eigenvalue weighted by atomic mass is 10.1. The fraction of sp³-hybridized carbons (Fsp3) is 0.179. The predicted molar refractivity (Wildman–Crippen MR) is 142 cm³/mol. The van der Waals surface area contributed by atoms with Crippen molar-refractivity contribution in [2.75, 3.05) is 23.8 Å². The molecule has 0 atom stereocenters. The third kappa shape index (κ3) is 8.25. The van der Waals surface area contributed by atoms with E-state index < -0.39 is 29.1 Å². The van der Waals surface area contributed by atoms with E-state index in [1.807, 2.05) is 13.0 Å². The van der Waals surface area contributed by atoms with Crippen molar-refractivity contribution in [2.45, 2.75) is 20.0 Å². The number of amides is 2. The quantitative estimate of drug-likeness (QED) is 0.227. The molecule has 3 rings (SSSR count). The van der Waals surface area contributed by atoms with Gasteiger partial charge >= 0.3 is 6.18 Å². The van der Waals surface area contributed by atoms with Gasteiger partial charge in [0.2, 0.25) is 0 Å². The highest BCUT2D eigenvalue weighted by Crippen LogP contribution is 2.37. The van der Waals surface area contributed by atoms with Gasteiger partial charge in [-0.1, -0.05) is 29.8 Å². The molecule has 7 nitrogen and oxygen atoms in total. The average molecular weight is 558 g/mol. The lowest BCUT2D eigenvalue weighted by molar-refractivity contribution is -0.137. The molecule has 2 amide bonds. The molecule has 0 spiro atoms. The van der Waals surface area contributed by atoms with Crippen molar-refractivity contribution in [3.05, 3.63) is 87.9 Å². The van der Waals surface area contributed by atoms with Crippen LogP contribution < -0.4 is 20.1 Å². The number of rotatable bonds is 9. The van der Waals surface area contributed by atoms with Crippen LogP contribution in [0.3, 0.4) is 0 Å². The number of nitrogens with one attached hydrogen (secondary N) is 2. The van der Waals surface area contributed by atoms with E-state index in [1.54, 1.807) is 31.2 Å². The highest BCUT2D eigenvalue weighted by atomic mass is 35.5. The molecule has 0 aromatic heterocycles. The fourth-order valence-corrected chi connectivity index (χ4v) is 3.69. The second-order valence-electron chi connectivity index (χ2n) is 8.17. The first kappa shape index (κ1) is 29.1. The van der Waals surface area contributed by atoms with Crippen LogP contribution in [0.5, 0.6) is 11.5 Å². The molecule has 2 N–H and O–H groups in total. The first-order valence-electron chi connectivity index (χ1n) is 11.6.